The number of hydrogen-bond donors (Lipinski definition) is 1. The summed E-state index contributed by atoms with van der Waals surface area (Å²) in [4.78, 5) is 13.0. The molecule has 2 aliphatic rings. The van der Waals surface area contributed by atoms with Gasteiger partial charge in [-0.1, -0.05) is 30.3 Å². The Morgan fingerprint density at radius 2 is 1.73 bits per heavy atom. The number of carbonyl (C=O) groups is 1. The molecular weight excluding hydrogens is 423 g/mol. The van der Waals surface area contributed by atoms with Gasteiger partial charge in [-0.25, -0.2) is 4.39 Å². The van der Waals surface area contributed by atoms with Crippen molar-refractivity contribution in [1.82, 2.24) is 10.2 Å². The summed E-state index contributed by atoms with van der Waals surface area (Å²) in [5, 5.41) is 3.10. The van der Waals surface area contributed by atoms with Crippen LogP contribution in [0.3, 0.4) is 0 Å². The van der Waals surface area contributed by atoms with Crippen LogP contribution in [0.25, 0.3) is 0 Å². The Labute approximate surface area is 196 Å². The minimum atomic E-state index is -0.676. The SMILES string of the molecule is CC(=O)N1CCC(Oc2ccccc2)CC1.CNCCCC1(c2ccc(F)cc2)OCCO1. The van der Waals surface area contributed by atoms with Gasteiger partial charge in [-0.3, -0.25) is 4.79 Å². The highest BCUT2D eigenvalue weighted by molar-refractivity contribution is 5.73. The van der Waals surface area contributed by atoms with E-state index in [-0.39, 0.29) is 17.8 Å². The lowest BCUT2D eigenvalue weighted by molar-refractivity contribution is -0.171. The van der Waals surface area contributed by atoms with Crippen LogP contribution in [0, 0.1) is 5.82 Å². The molecule has 1 amide bonds. The van der Waals surface area contributed by atoms with Gasteiger partial charge in [-0.05, 0) is 44.3 Å². The fourth-order valence-electron chi connectivity index (χ4n) is 4.09. The first kappa shape index (κ1) is 25.1. The number of ether oxygens (including phenoxy) is 3. The largest absolute Gasteiger partial charge is 0.490 e. The quantitative estimate of drug-likeness (QED) is 0.633. The molecule has 180 valence electrons. The molecule has 2 saturated heterocycles. The molecule has 2 heterocycles. The van der Waals surface area contributed by atoms with Crippen LogP contribution in [-0.2, 0) is 20.1 Å². The molecule has 2 aromatic rings. The number of amides is 1. The number of benzene rings is 2. The molecule has 33 heavy (non-hydrogen) atoms. The Bertz CT molecular complexity index is 833. The third kappa shape index (κ3) is 7.52. The van der Waals surface area contributed by atoms with Crippen LogP contribution in [0.5, 0.6) is 5.75 Å². The number of hydrogen-bond acceptors (Lipinski definition) is 5. The maximum Gasteiger partial charge on any atom is 0.219 e. The number of halogens is 1. The van der Waals surface area contributed by atoms with Gasteiger partial charge >= 0.3 is 0 Å². The van der Waals surface area contributed by atoms with E-state index in [1.807, 2.05) is 42.3 Å². The highest BCUT2D eigenvalue weighted by Crippen LogP contribution is 2.35. The summed E-state index contributed by atoms with van der Waals surface area (Å²) in [5.41, 5.74) is 0.896. The smallest absolute Gasteiger partial charge is 0.219 e. The first-order valence-electron chi connectivity index (χ1n) is 11.7. The lowest BCUT2D eigenvalue weighted by atomic mass is 10.0. The predicted molar refractivity (Wildman–Crippen MR) is 125 cm³/mol. The summed E-state index contributed by atoms with van der Waals surface area (Å²) in [6, 6.07) is 16.2. The van der Waals surface area contributed by atoms with Gasteiger partial charge in [0.2, 0.25) is 5.91 Å². The molecule has 0 bridgehead atoms. The van der Waals surface area contributed by atoms with E-state index in [1.165, 1.54) is 12.1 Å². The number of piperidine rings is 1. The standard InChI is InChI=1S/C13H18FNO2.C13H17NO2/c1-15-8-2-7-13(16-9-10-17-13)11-3-5-12(14)6-4-11;1-11(15)14-9-7-13(8-10-14)16-12-5-3-2-4-6-12/h3-6,15H,2,7-10H2,1H3;2-6,13H,7-10H2,1H3. The predicted octanol–water partition coefficient (Wildman–Crippen LogP) is 4.10. The van der Waals surface area contributed by atoms with E-state index in [4.69, 9.17) is 14.2 Å². The third-order valence-corrected chi connectivity index (χ3v) is 5.90. The second kappa shape index (κ2) is 12.7. The summed E-state index contributed by atoms with van der Waals surface area (Å²) in [6.45, 7) is 5.35. The van der Waals surface area contributed by atoms with Crippen molar-refractivity contribution >= 4 is 5.91 Å². The van der Waals surface area contributed by atoms with Crippen LogP contribution in [0.15, 0.2) is 54.6 Å². The van der Waals surface area contributed by atoms with E-state index in [9.17, 15) is 9.18 Å². The highest BCUT2D eigenvalue weighted by Gasteiger charge is 2.37. The zero-order valence-corrected chi connectivity index (χ0v) is 19.6. The molecule has 0 radical (unpaired) electrons. The monoisotopic (exact) mass is 458 g/mol. The second-order valence-corrected chi connectivity index (χ2v) is 8.30. The van der Waals surface area contributed by atoms with Crippen LogP contribution in [0.2, 0.25) is 0 Å². The van der Waals surface area contributed by atoms with Crippen LogP contribution in [-0.4, -0.2) is 56.8 Å². The van der Waals surface area contributed by atoms with Gasteiger partial charge in [-0.15, -0.1) is 0 Å². The number of carbonyl (C=O) groups excluding carboxylic acids is 1. The van der Waals surface area contributed by atoms with E-state index in [0.29, 0.717) is 13.2 Å². The molecule has 7 heteroatoms. The molecular formula is C26H35FN2O4. The lowest BCUT2D eigenvalue weighted by Crippen LogP contribution is -2.40. The van der Waals surface area contributed by atoms with Crippen LogP contribution >= 0.6 is 0 Å². The molecule has 2 fully saturated rings. The Morgan fingerprint density at radius 1 is 1.09 bits per heavy atom. The lowest BCUT2D eigenvalue weighted by Gasteiger charge is -2.31. The molecule has 4 rings (SSSR count). The van der Waals surface area contributed by atoms with Crippen molar-refractivity contribution in [2.24, 2.45) is 0 Å². The van der Waals surface area contributed by atoms with E-state index < -0.39 is 5.79 Å². The molecule has 0 spiro atoms. The maximum absolute atomic E-state index is 12.9. The number of nitrogens with one attached hydrogen (secondary N) is 1. The van der Waals surface area contributed by atoms with Crippen molar-refractivity contribution in [2.75, 3.05) is 39.9 Å². The first-order chi connectivity index (χ1) is 16.0. The van der Waals surface area contributed by atoms with Crippen molar-refractivity contribution in [3.8, 4) is 5.75 Å². The molecule has 0 saturated carbocycles. The van der Waals surface area contributed by atoms with E-state index >= 15 is 0 Å². The van der Waals surface area contributed by atoms with Crippen LogP contribution in [0.4, 0.5) is 4.39 Å². The average Bonchev–Trinajstić information content (AvgIpc) is 3.31. The van der Waals surface area contributed by atoms with E-state index in [2.05, 4.69) is 5.32 Å². The minimum Gasteiger partial charge on any atom is -0.490 e. The van der Waals surface area contributed by atoms with Gasteiger partial charge in [0.05, 0.1) is 13.2 Å². The molecule has 1 N–H and O–H groups in total. The molecule has 2 aliphatic heterocycles. The van der Waals surface area contributed by atoms with Gasteiger partial charge in [0.25, 0.3) is 0 Å². The zero-order valence-electron chi connectivity index (χ0n) is 19.6. The zero-order chi connectivity index (χ0) is 23.5. The average molecular weight is 459 g/mol. The Morgan fingerprint density at radius 3 is 2.30 bits per heavy atom. The maximum atomic E-state index is 12.9. The summed E-state index contributed by atoms with van der Waals surface area (Å²) >= 11 is 0. The molecule has 0 unspecified atom stereocenters. The number of nitrogens with zero attached hydrogens (tertiary/aromatic N) is 1. The van der Waals surface area contributed by atoms with Crippen molar-refractivity contribution in [1.29, 1.82) is 0 Å². The highest BCUT2D eigenvalue weighted by atomic mass is 19.1. The first-order valence-corrected chi connectivity index (χ1v) is 11.7. The van der Waals surface area contributed by atoms with Gasteiger partial charge in [0, 0.05) is 44.8 Å². The normalized spacial score (nSPS) is 17.8. The fourth-order valence-corrected chi connectivity index (χ4v) is 4.09. The van der Waals surface area contributed by atoms with Crippen molar-refractivity contribution in [3.05, 3.63) is 66.0 Å². The molecule has 0 atom stereocenters. The van der Waals surface area contributed by atoms with Gasteiger partial charge in [-0.2, -0.15) is 0 Å². The molecule has 0 aromatic heterocycles. The van der Waals surface area contributed by atoms with Crippen LogP contribution < -0.4 is 10.1 Å². The summed E-state index contributed by atoms with van der Waals surface area (Å²) in [6.07, 6.45) is 3.83. The molecule has 6 nitrogen and oxygen atoms in total. The molecule has 2 aromatic carbocycles. The van der Waals surface area contributed by atoms with Crippen molar-refractivity contribution in [3.63, 3.8) is 0 Å². The third-order valence-electron chi connectivity index (χ3n) is 5.90. The van der Waals surface area contributed by atoms with Crippen LogP contribution in [0.1, 0.15) is 38.2 Å². The number of likely N-dealkylation sites (tertiary alicyclic amines) is 1. The van der Waals surface area contributed by atoms with Gasteiger partial charge in [0.15, 0.2) is 5.79 Å². The van der Waals surface area contributed by atoms with E-state index in [1.54, 1.807) is 19.1 Å². The summed E-state index contributed by atoms with van der Waals surface area (Å²) in [5.74, 6) is 0.170. The second-order valence-electron chi connectivity index (χ2n) is 8.30. The molecule has 0 aliphatic carbocycles. The Hall–Kier alpha value is -2.48. The summed E-state index contributed by atoms with van der Waals surface area (Å²) in [7, 11) is 1.92. The summed E-state index contributed by atoms with van der Waals surface area (Å²) < 4.78 is 30.2. The Balaban J connectivity index is 0.000000186. The Kier molecular flexibility index (Phi) is 9.66. The van der Waals surface area contributed by atoms with Gasteiger partial charge < -0.3 is 24.4 Å². The number of rotatable bonds is 7. The van der Waals surface area contributed by atoms with Crippen molar-refractivity contribution < 1.29 is 23.4 Å². The van der Waals surface area contributed by atoms with Crippen molar-refractivity contribution in [2.45, 2.75) is 44.5 Å². The van der Waals surface area contributed by atoms with E-state index in [0.717, 1.165) is 56.6 Å². The topological polar surface area (TPSA) is 60.0 Å². The van der Waals surface area contributed by atoms with Gasteiger partial charge in [0.1, 0.15) is 17.7 Å². The number of para-hydroxylation sites is 1. The minimum absolute atomic E-state index is 0.165. The fraction of sp³-hybridized carbons (Fsp3) is 0.500.